The van der Waals surface area contributed by atoms with E-state index >= 15 is 0 Å². The molecular formula is C74H74O4. The molecular weight excluding hydrogens is 953 g/mol. The van der Waals surface area contributed by atoms with Gasteiger partial charge in [0.25, 0.3) is 0 Å². The molecule has 0 bridgehead atoms. The lowest BCUT2D eigenvalue weighted by Gasteiger charge is -2.27. The van der Waals surface area contributed by atoms with Crippen molar-refractivity contribution >= 4 is 21.5 Å². The summed E-state index contributed by atoms with van der Waals surface area (Å²) in [6.45, 7) is 28.0. The zero-order chi connectivity index (χ0) is 55.4. The number of hydrogen-bond donors (Lipinski definition) is 0. The fourth-order valence-corrected chi connectivity index (χ4v) is 11.8. The van der Waals surface area contributed by atoms with Crippen molar-refractivity contribution in [3.8, 4) is 112 Å². The van der Waals surface area contributed by atoms with Crippen molar-refractivity contribution in [3.05, 3.63) is 180 Å². The maximum absolute atomic E-state index is 5.77. The minimum absolute atomic E-state index is 0.0923. The fourth-order valence-electron chi connectivity index (χ4n) is 11.8. The van der Waals surface area contributed by atoms with Gasteiger partial charge in [0, 0.05) is 0 Å². The number of ether oxygens (including phenoxy) is 4. The average Bonchev–Trinajstić information content (AvgIpc) is 3.19. The van der Waals surface area contributed by atoms with Crippen LogP contribution >= 0.6 is 0 Å². The first-order valence-corrected chi connectivity index (χ1v) is 27.5. The lowest BCUT2D eigenvalue weighted by Crippen LogP contribution is -2.16. The highest BCUT2D eigenvalue weighted by Gasteiger charge is 2.35. The van der Waals surface area contributed by atoms with Crippen LogP contribution in [0.3, 0.4) is 0 Å². The average molecular weight is 1030 g/mol. The van der Waals surface area contributed by atoms with Crippen LogP contribution in [0.15, 0.2) is 158 Å². The van der Waals surface area contributed by atoms with Gasteiger partial charge >= 0.3 is 0 Å². The molecule has 7 aromatic carbocycles. The molecule has 0 N–H and O–H groups in total. The summed E-state index contributed by atoms with van der Waals surface area (Å²) in [5.74, 6) is 3.31. The largest absolute Gasteiger partial charge is 0.497 e. The summed E-state index contributed by atoms with van der Waals surface area (Å²) < 4.78 is 23.1. The first kappa shape index (κ1) is 52.2. The molecule has 0 radical (unpaired) electrons. The van der Waals surface area contributed by atoms with Crippen molar-refractivity contribution in [3.63, 3.8) is 0 Å². The van der Waals surface area contributed by atoms with E-state index in [1.807, 2.05) is 0 Å². The molecule has 7 aromatic rings. The first-order chi connectivity index (χ1) is 37.0. The van der Waals surface area contributed by atoms with Crippen molar-refractivity contribution in [2.45, 2.75) is 105 Å². The Morgan fingerprint density at radius 3 is 0.692 bits per heavy atom. The maximum atomic E-state index is 5.77. The summed E-state index contributed by atoms with van der Waals surface area (Å²) in [4.78, 5) is 0. The molecule has 0 aliphatic heterocycles. The van der Waals surface area contributed by atoms with E-state index in [1.165, 1.54) is 111 Å². The third-order valence-electron chi connectivity index (χ3n) is 16.4. The van der Waals surface area contributed by atoms with Crippen LogP contribution in [0.2, 0.25) is 0 Å². The number of fused-ring (bicyclic) bond motifs is 6. The molecule has 0 saturated carbocycles. The SMILES string of the molecule is COc1ccc(-c2c3cc4cc5c6c(-c7cc(C(C)(C)C)cc(C(C)(C)C)c7)c(-c7ccc(OC)cc7)c(-c7ccc(OC)cc7)c-6cc5cc4c-3c(-c3cc(C(C)(C)C)cc(C(C)(C)C)c3)c2-c2ccc(OC)cc2)cc1. The van der Waals surface area contributed by atoms with Crippen LogP contribution in [-0.2, 0) is 21.7 Å². The van der Waals surface area contributed by atoms with Gasteiger partial charge in [-0.3, -0.25) is 0 Å². The lowest BCUT2D eigenvalue weighted by atomic mass is 9.78. The summed E-state index contributed by atoms with van der Waals surface area (Å²) in [7, 11) is 6.95. The highest BCUT2D eigenvalue weighted by Crippen LogP contribution is 2.61. The van der Waals surface area contributed by atoms with Gasteiger partial charge in [0.15, 0.2) is 0 Å². The second kappa shape index (κ2) is 19.0. The highest BCUT2D eigenvalue weighted by molar-refractivity contribution is 6.27. The van der Waals surface area contributed by atoms with Crippen LogP contribution in [0.5, 0.6) is 23.0 Å². The standard InChI is InChI=1S/C74H74O4/c1-71(2,3)51-33-49(34-52(41-51)72(4,5)6)67-65(45-21-29-57(77-15)30-22-45)63(43-17-25-55(75-13)26-18-43)61-39-47-38-60-48(37-59(47)69(61)67)40-62-64(44-19-27-56(76-14)28-20-44)66(46-23-31-58(78-16)32-24-46)68(70(60)62)50-35-53(73(7,8)9)42-54(36-50)74(10,11)12/h17-42H,1-16H3. The van der Waals surface area contributed by atoms with Gasteiger partial charge in [-0.25, -0.2) is 0 Å². The Kier molecular flexibility index (Phi) is 12.7. The van der Waals surface area contributed by atoms with Gasteiger partial charge < -0.3 is 18.9 Å². The number of hydrogen-bond acceptors (Lipinski definition) is 4. The third-order valence-corrected chi connectivity index (χ3v) is 16.4. The normalized spacial score (nSPS) is 12.6. The summed E-state index contributed by atoms with van der Waals surface area (Å²) in [6, 6.07) is 59.3. The van der Waals surface area contributed by atoms with Gasteiger partial charge in [0.05, 0.1) is 28.4 Å². The summed E-state index contributed by atoms with van der Waals surface area (Å²) in [5, 5.41) is 4.90. The zero-order valence-corrected chi connectivity index (χ0v) is 48.6. The lowest BCUT2D eigenvalue weighted by molar-refractivity contribution is 0.414. The highest BCUT2D eigenvalue weighted by atomic mass is 16.5. The van der Waals surface area contributed by atoms with E-state index in [-0.39, 0.29) is 21.7 Å². The molecule has 0 unspecified atom stereocenters. The summed E-state index contributed by atoms with van der Waals surface area (Å²) in [5.41, 5.74) is 24.2. The van der Waals surface area contributed by atoms with E-state index in [4.69, 9.17) is 18.9 Å². The first-order valence-electron chi connectivity index (χ1n) is 27.5. The molecule has 0 aromatic heterocycles. The molecule has 4 aliphatic carbocycles. The predicted octanol–water partition coefficient (Wildman–Crippen LogP) is 20.3. The van der Waals surface area contributed by atoms with Crippen LogP contribution in [0.4, 0.5) is 0 Å². The van der Waals surface area contributed by atoms with Gasteiger partial charge in [-0.2, -0.15) is 0 Å². The van der Waals surface area contributed by atoms with Crippen LogP contribution in [-0.4, -0.2) is 28.4 Å². The quantitative estimate of drug-likeness (QED) is 0.137. The molecule has 0 heterocycles. The smallest absolute Gasteiger partial charge is 0.118 e. The van der Waals surface area contributed by atoms with Gasteiger partial charge in [-0.05, 0) is 227 Å². The molecule has 78 heavy (non-hydrogen) atoms. The molecule has 0 saturated heterocycles. The van der Waals surface area contributed by atoms with Crippen LogP contribution in [0, 0.1) is 0 Å². The van der Waals surface area contributed by atoms with E-state index in [2.05, 4.69) is 241 Å². The number of methoxy groups -OCH3 is 4. The number of rotatable bonds is 10. The van der Waals surface area contributed by atoms with E-state index in [0.29, 0.717) is 0 Å². The van der Waals surface area contributed by atoms with Gasteiger partial charge in [0.2, 0.25) is 0 Å². The minimum atomic E-state index is -0.0923. The monoisotopic (exact) mass is 1030 g/mol. The van der Waals surface area contributed by atoms with Crippen molar-refractivity contribution < 1.29 is 18.9 Å². The second-order valence-electron chi connectivity index (χ2n) is 25.7. The predicted molar refractivity (Wildman–Crippen MR) is 331 cm³/mol. The van der Waals surface area contributed by atoms with Crippen LogP contribution < -0.4 is 18.9 Å². The number of benzene rings is 7. The zero-order valence-electron chi connectivity index (χ0n) is 48.6. The molecule has 4 heteroatoms. The summed E-state index contributed by atoms with van der Waals surface area (Å²) in [6.07, 6.45) is 0. The molecule has 394 valence electrons. The van der Waals surface area contributed by atoms with E-state index in [0.717, 1.165) is 45.3 Å². The third kappa shape index (κ3) is 9.07. The van der Waals surface area contributed by atoms with Gasteiger partial charge in [-0.1, -0.05) is 168 Å². The Hall–Kier alpha value is -7.82. The molecule has 0 spiro atoms. The van der Waals surface area contributed by atoms with Gasteiger partial charge in [0.1, 0.15) is 23.0 Å². The topological polar surface area (TPSA) is 36.9 Å². The van der Waals surface area contributed by atoms with Crippen molar-refractivity contribution in [2.75, 3.05) is 28.4 Å². The second-order valence-corrected chi connectivity index (χ2v) is 25.7. The summed E-state index contributed by atoms with van der Waals surface area (Å²) >= 11 is 0. The molecule has 0 atom stereocenters. The Labute approximate surface area is 463 Å². The van der Waals surface area contributed by atoms with Crippen molar-refractivity contribution in [2.24, 2.45) is 0 Å². The van der Waals surface area contributed by atoms with E-state index < -0.39 is 0 Å². The minimum Gasteiger partial charge on any atom is -0.497 e. The van der Waals surface area contributed by atoms with E-state index in [1.54, 1.807) is 28.4 Å². The van der Waals surface area contributed by atoms with Gasteiger partial charge in [-0.15, -0.1) is 0 Å². The maximum Gasteiger partial charge on any atom is 0.118 e. The Morgan fingerprint density at radius 1 is 0.231 bits per heavy atom. The van der Waals surface area contributed by atoms with E-state index in [9.17, 15) is 0 Å². The molecule has 0 amide bonds. The Morgan fingerprint density at radius 2 is 0.462 bits per heavy atom. The van der Waals surface area contributed by atoms with Crippen LogP contribution in [0.25, 0.3) is 111 Å². The Bertz CT molecular complexity index is 3600. The van der Waals surface area contributed by atoms with Crippen molar-refractivity contribution in [1.82, 2.24) is 0 Å². The molecule has 0 fully saturated rings. The van der Waals surface area contributed by atoms with Crippen molar-refractivity contribution in [1.29, 1.82) is 0 Å². The Balaban J connectivity index is 1.32. The van der Waals surface area contributed by atoms with Crippen LogP contribution in [0.1, 0.15) is 105 Å². The molecule has 11 rings (SSSR count). The molecule has 4 nitrogen and oxygen atoms in total. The molecule has 4 aliphatic rings. The fraction of sp³-hybridized carbons (Fsp3) is 0.270.